The molecule has 2 atom stereocenters. The molecule has 0 heterocycles. The van der Waals surface area contributed by atoms with Crippen molar-refractivity contribution in [2.75, 3.05) is 5.32 Å². The molecule has 2 unspecified atom stereocenters. The monoisotopic (exact) mass is 376 g/mol. The molecule has 7 heteroatoms. The van der Waals surface area contributed by atoms with Crippen LogP contribution in [0.4, 0.5) is 14.5 Å². The third-order valence-corrected chi connectivity index (χ3v) is 4.17. The molecule has 2 amide bonds. The molecular formula is C20H22F2N2O3. The number of hydrogen-bond donors (Lipinski definition) is 2. The standard InChI is InChI=1S/C20H22F2N2O3/c1-3-13(2)17(24-18(25)14-7-5-4-6-8-14)19(26)23-15-9-11-16(12-10-15)27-20(21)22/h4-13,17,20H,3H2,1-2H3,(H,23,26)(H,24,25). The first-order valence-corrected chi connectivity index (χ1v) is 8.62. The number of alkyl halides is 2. The van der Waals surface area contributed by atoms with E-state index in [-0.39, 0.29) is 23.5 Å². The van der Waals surface area contributed by atoms with Crippen molar-refractivity contribution in [3.8, 4) is 5.75 Å². The summed E-state index contributed by atoms with van der Waals surface area (Å²) >= 11 is 0. The average Bonchev–Trinajstić information content (AvgIpc) is 2.67. The van der Waals surface area contributed by atoms with Gasteiger partial charge in [0.1, 0.15) is 11.8 Å². The van der Waals surface area contributed by atoms with Crippen LogP contribution < -0.4 is 15.4 Å². The summed E-state index contributed by atoms with van der Waals surface area (Å²) in [4.78, 5) is 25.1. The molecule has 0 spiro atoms. The van der Waals surface area contributed by atoms with Crippen LogP contribution in [0.2, 0.25) is 0 Å². The van der Waals surface area contributed by atoms with E-state index in [4.69, 9.17) is 0 Å². The second-order valence-electron chi connectivity index (χ2n) is 6.09. The highest BCUT2D eigenvalue weighted by Crippen LogP contribution is 2.19. The van der Waals surface area contributed by atoms with Crippen molar-refractivity contribution < 1.29 is 23.1 Å². The number of halogens is 2. The summed E-state index contributed by atoms with van der Waals surface area (Å²) in [7, 11) is 0. The molecular weight excluding hydrogens is 354 g/mol. The smallest absolute Gasteiger partial charge is 0.387 e. The molecule has 0 saturated carbocycles. The Labute approximate surface area is 156 Å². The molecule has 0 saturated heterocycles. The summed E-state index contributed by atoms with van der Waals surface area (Å²) in [5.41, 5.74) is 0.885. The lowest BCUT2D eigenvalue weighted by atomic mass is 9.97. The fourth-order valence-corrected chi connectivity index (χ4v) is 2.46. The fraction of sp³-hybridized carbons (Fsp3) is 0.300. The minimum atomic E-state index is -2.91. The van der Waals surface area contributed by atoms with Gasteiger partial charge in [-0.3, -0.25) is 9.59 Å². The number of rotatable bonds is 8. The Hall–Kier alpha value is -2.96. The summed E-state index contributed by atoms with van der Waals surface area (Å²) in [5, 5.41) is 5.46. The summed E-state index contributed by atoms with van der Waals surface area (Å²) in [6, 6.07) is 13.5. The number of carbonyl (C=O) groups is 2. The maximum absolute atomic E-state index is 12.7. The minimum absolute atomic E-state index is 0.00106. The molecule has 5 nitrogen and oxygen atoms in total. The van der Waals surface area contributed by atoms with E-state index in [1.165, 1.54) is 24.3 Å². The molecule has 0 radical (unpaired) electrons. The van der Waals surface area contributed by atoms with E-state index in [1.54, 1.807) is 30.3 Å². The van der Waals surface area contributed by atoms with E-state index < -0.39 is 12.7 Å². The van der Waals surface area contributed by atoms with Gasteiger partial charge in [-0.15, -0.1) is 0 Å². The highest BCUT2D eigenvalue weighted by molar-refractivity contribution is 6.01. The number of hydrogen-bond acceptors (Lipinski definition) is 3. The summed E-state index contributed by atoms with van der Waals surface area (Å²) in [6.45, 7) is 0.888. The summed E-state index contributed by atoms with van der Waals surface area (Å²) in [6.07, 6.45) is 0.689. The Morgan fingerprint density at radius 3 is 2.22 bits per heavy atom. The third-order valence-electron chi connectivity index (χ3n) is 4.17. The predicted octanol–water partition coefficient (Wildman–Crippen LogP) is 4.07. The van der Waals surface area contributed by atoms with E-state index in [0.29, 0.717) is 17.7 Å². The van der Waals surface area contributed by atoms with Gasteiger partial charge in [0.15, 0.2) is 0 Å². The maximum atomic E-state index is 12.7. The van der Waals surface area contributed by atoms with E-state index in [2.05, 4.69) is 15.4 Å². The molecule has 0 bridgehead atoms. The first-order chi connectivity index (χ1) is 12.9. The van der Waals surface area contributed by atoms with E-state index in [9.17, 15) is 18.4 Å². The SMILES string of the molecule is CCC(C)C(NC(=O)c1ccccc1)C(=O)Nc1ccc(OC(F)F)cc1. The molecule has 0 aliphatic rings. The van der Waals surface area contributed by atoms with Crippen LogP contribution in [0.1, 0.15) is 30.6 Å². The molecule has 0 aromatic heterocycles. The number of ether oxygens (including phenoxy) is 1. The lowest BCUT2D eigenvalue weighted by Gasteiger charge is -2.23. The molecule has 0 fully saturated rings. The van der Waals surface area contributed by atoms with Gasteiger partial charge < -0.3 is 15.4 Å². The maximum Gasteiger partial charge on any atom is 0.387 e. The lowest BCUT2D eigenvalue weighted by molar-refractivity contribution is -0.119. The van der Waals surface area contributed by atoms with Gasteiger partial charge in [0.25, 0.3) is 5.91 Å². The van der Waals surface area contributed by atoms with Crippen LogP contribution in [-0.2, 0) is 4.79 Å². The van der Waals surface area contributed by atoms with Crippen LogP contribution in [-0.4, -0.2) is 24.5 Å². The normalized spacial score (nSPS) is 12.9. The van der Waals surface area contributed by atoms with Crippen molar-refractivity contribution in [1.82, 2.24) is 5.32 Å². The van der Waals surface area contributed by atoms with Gasteiger partial charge in [0, 0.05) is 11.3 Å². The number of amides is 2. The highest BCUT2D eigenvalue weighted by Gasteiger charge is 2.26. The molecule has 2 aromatic rings. The quantitative estimate of drug-likeness (QED) is 0.730. The Balaban J connectivity index is 2.07. The molecule has 27 heavy (non-hydrogen) atoms. The Bertz CT molecular complexity index is 752. The van der Waals surface area contributed by atoms with Gasteiger partial charge in [-0.2, -0.15) is 8.78 Å². The van der Waals surface area contributed by atoms with Gasteiger partial charge in [0.2, 0.25) is 5.91 Å². The first kappa shape index (κ1) is 20.4. The van der Waals surface area contributed by atoms with Crippen molar-refractivity contribution in [2.24, 2.45) is 5.92 Å². The van der Waals surface area contributed by atoms with Gasteiger partial charge in [-0.1, -0.05) is 38.5 Å². The van der Waals surface area contributed by atoms with Crippen LogP contribution in [0.3, 0.4) is 0 Å². The van der Waals surface area contributed by atoms with E-state index in [0.717, 1.165) is 0 Å². The largest absolute Gasteiger partial charge is 0.435 e. The number of nitrogens with one attached hydrogen (secondary N) is 2. The van der Waals surface area contributed by atoms with Crippen molar-refractivity contribution in [3.63, 3.8) is 0 Å². The topological polar surface area (TPSA) is 67.4 Å². The van der Waals surface area contributed by atoms with Crippen molar-refractivity contribution in [2.45, 2.75) is 32.9 Å². The minimum Gasteiger partial charge on any atom is -0.435 e. The van der Waals surface area contributed by atoms with Crippen LogP contribution in [0.5, 0.6) is 5.75 Å². The van der Waals surface area contributed by atoms with Crippen molar-refractivity contribution in [1.29, 1.82) is 0 Å². The van der Waals surface area contributed by atoms with Crippen LogP contribution in [0.25, 0.3) is 0 Å². The van der Waals surface area contributed by atoms with Crippen molar-refractivity contribution in [3.05, 3.63) is 60.2 Å². The molecule has 2 rings (SSSR count). The van der Waals surface area contributed by atoms with Crippen molar-refractivity contribution >= 4 is 17.5 Å². The predicted molar refractivity (Wildman–Crippen MR) is 98.9 cm³/mol. The second kappa shape index (κ2) is 9.66. The van der Waals surface area contributed by atoms with Gasteiger partial charge in [0.05, 0.1) is 0 Å². The third kappa shape index (κ3) is 6.06. The van der Waals surface area contributed by atoms with Gasteiger partial charge in [-0.25, -0.2) is 0 Å². The fourth-order valence-electron chi connectivity index (χ4n) is 2.46. The van der Waals surface area contributed by atoms with Crippen LogP contribution >= 0.6 is 0 Å². The summed E-state index contributed by atoms with van der Waals surface area (Å²) in [5.74, 6) is -0.814. The summed E-state index contributed by atoms with van der Waals surface area (Å²) < 4.78 is 28.7. The zero-order valence-electron chi connectivity index (χ0n) is 15.1. The number of anilines is 1. The van der Waals surface area contributed by atoms with Crippen LogP contribution in [0.15, 0.2) is 54.6 Å². The van der Waals surface area contributed by atoms with Gasteiger partial charge in [-0.05, 0) is 42.3 Å². The lowest BCUT2D eigenvalue weighted by Crippen LogP contribution is -2.47. The zero-order chi connectivity index (χ0) is 19.8. The molecule has 2 N–H and O–H groups in total. The van der Waals surface area contributed by atoms with Crippen LogP contribution in [0, 0.1) is 5.92 Å². The average molecular weight is 376 g/mol. The van der Waals surface area contributed by atoms with Gasteiger partial charge >= 0.3 is 6.61 Å². The Morgan fingerprint density at radius 1 is 1.04 bits per heavy atom. The molecule has 0 aliphatic heterocycles. The Kier molecular flexibility index (Phi) is 7.28. The number of carbonyl (C=O) groups excluding carboxylic acids is 2. The second-order valence-corrected chi connectivity index (χ2v) is 6.09. The molecule has 0 aliphatic carbocycles. The van der Waals surface area contributed by atoms with E-state index in [1.807, 2.05) is 13.8 Å². The zero-order valence-corrected chi connectivity index (χ0v) is 15.1. The highest BCUT2D eigenvalue weighted by atomic mass is 19.3. The molecule has 2 aromatic carbocycles. The number of benzene rings is 2. The first-order valence-electron chi connectivity index (χ1n) is 8.62. The molecule has 144 valence electrons. The Morgan fingerprint density at radius 2 is 1.67 bits per heavy atom. The van der Waals surface area contributed by atoms with E-state index >= 15 is 0 Å².